The molecule has 7 heteroatoms. The van der Waals surface area contributed by atoms with Gasteiger partial charge >= 0.3 is 0 Å². The smallest absolute Gasteiger partial charge is 0.255 e. The standard InChI is InChI=1S/C13H17N3O4/c14-11-6-19-5-10(11)13(18)16-8-1-3-9(4-2-8)20-7-12(15)17/h1-4,10-11H,5-7,14H2,(H2,15,17)(H,16,18). The van der Waals surface area contributed by atoms with Gasteiger partial charge in [-0.05, 0) is 24.3 Å². The van der Waals surface area contributed by atoms with Gasteiger partial charge in [0.15, 0.2) is 6.61 Å². The van der Waals surface area contributed by atoms with Crippen LogP contribution in [0, 0.1) is 5.92 Å². The molecule has 1 aromatic rings. The second-order valence-electron chi connectivity index (χ2n) is 4.58. The van der Waals surface area contributed by atoms with E-state index < -0.39 is 5.91 Å². The fourth-order valence-corrected chi connectivity index (χ4v) is 1.86. The lowest BCUT2D eigenvalue weighted by Gasteiger charge is -2.13. The second kappa shape index (κ2) is 6.36. The second-order valence-corrected chi connectivity index (χ2v) is 4.58. The largest absolute Gasteiger partial charge is 0.484 e. The molecule has 2 rings (SSSR count). The first-order valence-corrected chi connectivity index (χ1v) is 6.21. The molecule has 0 aliphatic carbocycles. The number of primary amides is 1. The molecule has 1 fully saturated rings. The van der Waals surface area contributed by atoms with E-state index in [9.17, 15) is 9.59 Å². The summed E-state index contributed by atoms with van der Waals surface area (Å²) >= 11 is 0. The van der Waals surface area contributed by atoms with Crippen molar-refractivity contribution in [3.63, 3.8) is 0 Å². The Morgan fingerprint density at radius 3 is 2.55 bits per heavy atom. The predicted molar refractivity (Wildman–Crippen MR) is 72.0 cm³/mol. The Hall–Kier alpha value is -2.12. The number of benzene rings is 1. The Balaban J connectivity index is 1.90. The first kappa shape index (κ1) is 14.3. The van der Waals surface area contributed by atoms with Crippen molar-refractivity contribution < 1.29 is 19.1 Å². The van der Waals surface area contributed by atoms with Crippen molar-refractivity contribution in [3.8, 4) is 5.75 Å². The SMILES string of the molecule is NC(=O)COc1ccc(NC(=O)C2COCC2N)cc1. The van der Waals surface area contributed by atoms with E-state index >= 15 is 0 Å². The van der Waals surface area contributed by atoms with Crippen LogP contribution >= 0.6 is 0 Å². The summed E-state index contributed by atoms with van der Waals surface area (Å²) in [5.74, 6) is -0.540. The van der Waals surface area contributed by atoms with Crippen molar-refractivity contribution in [2.75, 3.05) is 25.1 Å². The van der Waals surface area contributed by atoms with Crippen LogP contribution in [0.25, 0.3) is 0 Å². The molecule has 0 aromatic heterocycles. The molecule has 1 saturated heterocycles. The van der Waals surface area contributed by atoms with Gasteiger partial charge in [0.05, 0.1) is 19.1 Å². The summed E-state index contributed by atoms with van der Waals surface area (Å²) in [6.07, 6.45) is 0. The average Bonchev–Trinajstić information content (AvgIpc) is 2.84. The highest BCUT2D eigenvalue weighted by Crippen LogP contribution is 2.18. The van der Waals surface area contributed by atoms with Crippen LogP contribution in [0.5, 0.6) is 5.75 Å². The number of carbonyl (C=O) groups excluding carboxylic acids is 2. The minimum atomic E-state index is -0.544. The summed E-state index contributed by atoms with van der Waals surface area (Å²) in [7, 11) is 0. The van der Waals surface area contributed by atoms with E-state index in [2.05, 4.69) is 5.32 Å². The molecule has 2 unspecified atom stereocenters. The number of nitrogens with two attached hydrogens (primary N) is 2. The molecule has 1 aliphatic rings. The predicted octanol–water partition coefficient (Wildman–Crippen LogP) is -0.537. The van der Waals surface area contributed by atoms with Crippen molar-refractivity contribution in [2.45, 2.75) is 6.04 Å². The number of nitrogens with one attached hydrogen (secondary N) is 1. The van der Waals surface area contributed by atoms with E-state index in [-0.39, 0.29) is 24.5 Å². The highest BCUT2D eigenvalue weighted by atomic mass is 16.5. The van der Waals surface area contributed by atoms with Crippen molar-refractivity contribution in [1.82, 2.24) is 0 Å². The van der Waals surface area contributed by atoms with E-state index in [4.69, 9.17) is 20.9 Å². The lowest BCUT2D eigenvalue weighted by molar-refractivity contribution is -0.120. The van der Waals surface area contributed by atoms with Gasteiger partial charge in [0.1, 0.15) is 5.75 Å². The summed E-state index contributed by atoms with van der Waals surface area (Å²) in [6.45, 7) is 0.560. The molecule has 7 nitrogen and oxygen atoms in total. The maximum Gasteiger partial charge on any atom is 0.255 e. The summed E-state index contributed by atoms with van der Waals surface area (Å²) in [5, 5.41) is 2.76. The van der Waals surface area contributed by atoms with Crippen LogP contribution in [0.15, 0.2) is 24.3 Å². The molecule has 0 radical (unpaired) electrons. The van der Waals surface area contributed by atoms with Gasteiger partial charge in [-0.15, -0.1) is 0 Å². The molecule has 2 atom stereocenters. The Bertz CT molecular complexity index is 489. The van der Waals surface area contributed by atoms with Gasteiger partial charge in [0.25, 0.3) is 5.91 Å². The van der Waals surface area contributed by atoms with Crippen LogP contribution in [-0.2, 0) is 14.3 Å². The first-order chi connectivity index (χ1) is 9.56. The molecule has 108 valence electrons. The summed E-state index contributed by atoms with van der Waals surface area (Å²) in [4.78, 5) is 22.5. The quantitative estimate of drug-likeness (QED) is 0.669. The molecule has 0 spiro atoms. The minimum Gasteiger partial charge on any atom is -0.484 e. The Labute approximate surface area is 116 Å². The Morgan fingerprint density at radius 2 is 2.00 bits per heavy atom. The number of hydrogen-bond acceptors (Lipinski definition) is 5. The number of carbonyl (C=O) groups is 2. The van der Waals surface area contributed by atoms with E-state index in [1.54, 1.807) is 24.3 Å². The first-order valence-electron chi connectivity index (χ1n) is 6.21. The Kier molecular flexibility index (Phi) is 4.54. The summed E-state index contributed by atoms with van der Waals surface area (Å²) in [6, 6.07) is 6.37. The highest BCUT2D eigenvalue weighted by Gasteiger charge is 2.31. The van der Waals surface area contributed by atoms with Gasteiger partial charge in [-0.1, -0.05) is 0 Å². The van der Waals surface area contributed by atoms with Crippen LogP contribution < -0.4 is 21.5 Å². The van der Waals surface area contributed by atoms with Gasteiger partial charge in [0.2, 0.25) is 5.91 Å². The third-order valence-corrected chi connectivity index (χ3v) is 2.96. The molecular formula is C13H17N3O4. The van der Waals surface area contributed by atoms with Crippen LogP contribution in [0.1, 0.15) is 0 Å². The highest BCUT2D eigenvalue weighted by molar-refractivity contribution is 5.93. The van der Waals surface area contributed by atoms with E-state index in [0.717, 1.165) is 0 Å². The zero-order valence-electron chi connectivity index (χ0n) is 10.9. The van der Waals surface area contributed by atoms with Crippen LogP contribution in [0.4, 0.5) is 5.69 Å². The fourth-order valence-electron chi connectivity index (χ4n) is 1.86. The zero-order valence-corrected chi connectivity index (χ0v) is 10.9. The molecule has 1 heterocycles. The van der Waals surface area contributed by atoms with Crippen LogP contribution in [-0.4, -0.2) is 37.7 Å². The molecular weight excluding hydrogens is 262 g/mol. The van der Waals surface area contributed by atoms with Crippen molar-refractivity contribution in [1.29, 1.82) is 0 Å². The van der Waals surface area contributed by atoms with Gasteiger partial charge < -0.3 is 26.3 Å². The van der Waals surface area contributed by atoms with E-state index in [1.807, 2.05) is 0 Å². The molecule has 20 heavy (non-hydrogen) atoms. The average molecular weight is 279 g/mol. The molecule has 1 aromatic carbocycles. The van der Waals surface area contributed by atoms with Crippen LogP contribution in [0.3, 0.4) is 0 Å². The molecule has 0 saturated carbocycles. The zero-order chi connectivity index (χ0) is 14.5. The van der Waals surface area contributed by atoms with E-state index in [1.165, 1.54) is 0 Å². The Morgan fingerprint density at radius 1 is 1.30 bits per heavy atom. The van der Waals surface area contributed by atoms with Gasteiger partial charge in [0, 0.05) is 11.7 Å². The number of amides is 2. The third kappa shape index (κ3) is 3.69. The fraction of sp³-hybridized carbons (Fsp3) is 0.385. The number of ether oxygens (including phenoxy) is 2. The third-order valence-electron chi connectivity index (χ3n) is 2.96. The molecule has 1 aliphatic heterocycles. The number of rotatable bonds is 5. The van der Waals surface area contributed by atoms with Crippen LogP contribution in [0.2, 0.25) is 0 Å². The summed E-state index contributed by atoms with van der Waals surface area (Å²) in [5.41, 5.74) is 11.4. The maximum atomic E-state index is 12.0. The number of anilines is 1. The monoisotopic (exact) mass is 279 g/mol. The maximum absolute atomic E-state index is 12.0. The lowest BCUT2D eigenvalue weighted by atomic mass is 10.0. The lowest BCUT2D eigenvalue weighted by Crippen LogP contribution is -2.37. The molecule has 2 amide bonds. The van der Waals surface area contributed by atoms with E-state index in [0.29, 0.717) is 24.7 Å². The van der Waals surface area contributed by atoms with Crippen molar-refractivity contribution in [3.05, 3.63) is 24.3 Å². The normalized spacial score (nSPS) is 21.4. The van der Waals surface area contributed by atoms with Gasteiger partial charge in [-0.3, -0.25) is 9.59 Å². The molecule has 0 bridgehead atoms. The molecule has 5 N–H and O–H groups in total. The van der Waals surface area contributed by atoms with Gasteiger partial charge in [-0.2, -0.15) is 0 Å². The topological polar surface area (TPSA) is 117 Å². The van der Waals surface area contributed by atoms with Crippen molar-refractivity contribution >= 4 is 17.5 Å². The number of hydrogen-bond donors (Lipinski definition) is 3. The van der Waals surface area contributed by atoms with Crippen molar-refractivity contribution in [2.24, 2.45) is 17.4 Å². The van der Waals surface area contributed by atoms with Gasteiger partial charge in [-0.25, -0.2) is 0 Å². The summed E-state index contributed by atoms with van der Waals surface area (Å²) < 4.78 is 10.3. The minimum absolute atomic E-state index is 0.166.